The molecule has 3 fully saturated rings. The van der Waals surface area contributed by atoms with Gasteiger partial charge in [0.15, 0.2) is 5.82 Å². The highest BCUT2D eigenvalue weighted by atomic mass is 16.5. The van der Waals surface area contributed by atoms with Crippen LogP contribution in [-0.2, 0) is 25.7 Å². The Balaban J connectivity index is 1.23. The van der Waals surface area contributed by atoms with Crippen LogP contribution in [0.2, 0.25) is 0 Å². The van der Waals surface area contributed by atoms with Crippen molar-refractivity contribution in [3.05, 3.63) is 59.9 Å². The molecule has 2 heterocycles. The van der Waals surface area contributed by atoms with Crippen molar-refractivity contribution in [3.63, 3.8) is 0 Å². The molecule has 11 nitrogen and oxygen atoms in total. The van der Waals surface area contributed by atoms with E-state index in [0.29, 0.717) is 36.2 Å². The third-order valence-corrected chi connectivity index (χ3v) is 9.42. The molecule has 0 spiro atoms. The van der Waals surface area contributed by atoms with Gasteiger partial charge >= 0.3 is 0 Å². The van der Waals surface area contributed by atoms with Crippen LogP contribution in [0.5, 0.6) is 5.75 Å². The molecule has 1 aromatic heterocycles. The van der Waals surface area contributed by atoms with Gasteiger partial charge in [-0.1, -0.05) is 42.8 Å². The summed E-state index contributed by atoms with van der Waals surface area (Å²) in [7, 11) is 1.53. The molecule has 230 valence electrons. The van der Waals surface area contributed by atoms with Crippen molar-refractivity contribution in [1.29, 1.82) is 0 Å². The second kappa shape index (κ2) is 12.6. The van der Waals surface area contributed by atoms with Gasteiger partial charge in [0.25, 0.3) is 11.8 Å². The zero-order valence-electron chi connectivity index (χ0n) is 24.7. The van der Waals surface area contributed by atoms with E-state index in [4.69, 9.17) is 4.74 Å². The number of aromatic amines is 1. The fourth-order valence-corrected chi connectivity index (χ4v) is 7.19. The minimum absolute atomic E-state index is 0.0376. The van der Waals surface area contributed by atoms with Crippen molar-refractivity contribution < 1.29 is 28.7 Å². The number of carbonyl (C=O) groups is 5. The first-order chi connectivity index (χ1) is 21.3. The minimum atomic E-state index is -1.18. The number of nitrogens with one attached hydrogen (secondary N) is 3. The summed E-state index contributed by atoms with van der Waals surface area (Å²) in [6, 6.07) is 12.6. The summed E-state index contributed by atoms with van der Waals surface area (Å²) in [6.45, 7) is 0.554. The number of nitrogens with zero attached hydrogens (tertiary/aromatic N) is 2. The van der Waals surface area contributed by atoms with Gasteiger partial charge < -0.3 is 25.3 Å². The molecule has 2 saturated carbocycles. The largest absolute Gasteiger partial charge is 0.494 e. The lowest BCUT2D eigenvalue weighted by atomic mass is 9.91. The molecule has 1 saturated heterocycles. The second-order valence-electron chi connectivity index (χ2n) is 12.1. The fourth-order valence-electron chi connectivity index (χ4n) is 7.19. The molecule has 6 rings (SSSR count). The molecular formula is C33H37N5O6. The van der Waals surface area contributed by atoms with Gasteiger partial charge in [-0.2, -0.15) is 0 Å². The van der Waals surface area contributed by atoms with E-state index in [0.717, 1.165) is 31.2 Å². The maximum atomic E-state index is 14.1. The molecule has 1 aliphatic heterocycles. The number of H-pyrrole nitrogens is 1. The molecule has 3 aromatic rings. The number of rotatable bonds is 10. The van der Waals surface area contributed by atoms with Crippen molar-refractivity contribution in [2.75, 3.05) is 13.7 Å². The number of carbonyl (C=O) groups excluding carboxylic acids is 5. The number of para-hydroxylation sites is 1. The maximum Gasteiger partial charge on any atom is 0.290 e. The number of aromatic nitrogens is 2. The molecule has 5 unspecified atom stereocenters. The summed E-state index contributed by atoms with van der Waals surface area (Å²) in [5, 5.41) is 5.49. The molecule has 3 N–H and O–H groups in total. The summed E-state index contributed by atoms with van der Waals surface area (Å²) in [5.41, 5.74) is 1.99. The predicted molar refractivity (Wildman–Crippen MR) is 160 cm³/mol. The molecule has 3 aliphatic rings. The number of ketones is 2. The highest BCUT2D eigenvalue weighted by Gasteiger charge is 2.50. The summed E-state index contributed by atoms with van der Waals surface area (Å²) in [5.74, 6) is -2.18. The van der Waals surface area contributed by atoms with Gasteiger partial charge in [-0.25, -0.2) is 4.98 Å². The van der Waals surface area contributed by atoms with Crippen molar-refractivity contribution in [1.82, 2.24) is 25.5 Å². The molecule has 2 aliphatic carbocycles. The number of likely N-dealkylation sites (tertiary alicyclic amines) is 1. The first-order valence-corrected chi connectivity index (χ1v) is 15.4. The van der Waals surface area contributed by atoms with E-state index in [9.17, 15) is 24.0 Å². The first-order valence-electron chi connectivity index (χ1n) is 15.4. The number of imidazole rings is 1. The van der Waals surface area contributed by atoms with Crippen LogP contribution in [0.3, 0.4) is 0 Å². The molecule has 3 amide bonds. The normalized spacial score (nSPS) is 23.4. The molecular weight excluding hydrogens is 562 g/mol. The Bertz CT molecular complexity index is 1590. The number of ether oxygens (including phenoxy) is 1. The van der Waals surface area contributed by atoms with Crippen molar-refractivity contribution in [2.45, 2.75) is 63.6 Å². The Kier molecular flexibility index (Phi) is 8.45. The molecule has 0 radical (unpaired) electrons. The van der Waals surface area contributed by atoms with Gasteiger partial charge in [-0.05, 0) is 61.6 Å². The van der Waals surface area contributed by atoms with Crippen molar-refractivity contribution >= 4 is 40.3 Å². The number of fused-ring (bicyclic) bond motifs is 2. The average molecular weight is 600 g/mol. The SMILES string of the molecule is COc1cccc2[nH]c(C(=O)N3CC4CCCC4C3C(=O)NC(CC3CCCC3=O)C(=O)C(=O)NCc3ccccc3)nc12. The third kappa shape index (κ3) is 5.82. The van der Waals surface area contributed by atoms with E-state index < -0.39 is 41.5 Å². The van der Waals surface area contributed by atoms with Crippen LogP contribution in [0, 0.1) is 17.8 Å². The number of hydrogen-bond acceptors (Lipinski definition) is 7. The zero-order chi connectivity index (χ0) is 30.8. The fraction of sp³-hybridized carbons (Fsp3) is 0.455. The molecule has 44 heavy (non-hydrogen) atoms. The van der Waals surface area contributed by atoms with Crippen LogP contribution in [0.25, 0.3) is 11.0 Å². The van der Waals surface area contributed by atoms with Gasteiger partial charge in [0, 0.05) is 25.4 Å². The minimum Gasteiger partial charge on any atom is -0.494 e. The molecule has 2 aromatic carbocycles. The van der Waals surface area contributed by atoms with Gasteiger partial charge in [-0.3, -0.25) is 24.0 Å². The van der Waals surface area contributed by atoms with Crippen LogP contribution >= 0.6 is 0 Å². The van der Waals surface area contributed by atoms with E-state index in [1.165, 1.54) is 7.11 Å². The van der Waals surface area contributed by atoms with Gasteiger partial charge in [0.1, 0.15) is 23.1 Å². The van der Waals surface area contributed by atoms with Crippen LogP contribution < -0.4 is 15.4 Å². The van der Waals surface area contributed by atoms with Crippen LogP contribution in [-0.4, -0.2) is 69.9 Å². The Morgan fingerprint density at radius 1 is 1.05 bits per heavy atom. The number of amides is 3. The summed E-state index contributed by atoms with van der Waals surface area (Å²) in [6.07, 6.45) is 4.43. The van der Waals surface area contributed by atoms with E-state index in [1.807, 2.05) is 30.3 Å². The molecule has 0 bridgehead atoms. The average Bonchev–Trinajstić information content (AvgIpc) is 3.83. The molecule has 11 heteroatoms. The van der Waals surface area contributed by atoms with Crippen molar-refractivity contribution in [3.8, 4) is 5.75 Å². The van der Waals surface area contributed by atoms with Gasteiger partial charge in [0.05, 0.1) is 18.7 Å². The Morgan fingerprint density at radius 3 is 2.61 bits per heavy atom. The van der Waals surface area contributed by atoms with Crippen LogP contribution in [0.4, 0.5) is 0 Å². The summed E-state index contributed by atoms with van der Waals surface area (Å²) in [4.78, 5) is 76.1. The zero-order valence-corrected chi connectivity index (χ0v) is 24.7. The summed E-state index contributed by atoms with van der Waals surface area (Å²) >= 11 is 0. The lowest BCUT2D eigenvalue weighted by molar-refractivity contribution is -0.141. The van der Waals surface area contributed by atoms with Crippen LogP contribution in [0.15, 0.2) is 48.5 Å². The number of hydrogen-bond donors (Lipinski definition) is 3. The lowest BCUT2D eigenvalue weighted by Gasteiger charge is -2.29. The Morgan fingerprint density at radius 2 is 1.86 bits per heavy atom. The third-order valence-electron chi connectivity index (χ3n) is 9.42. The topological polar surface area (TPSA) is 151 Å². The predicted octanol–water partition coefficient (Wildman–Crippen LogP) is 2.94. The van der Waals surface area contributed by atoms with Gasteiger partial charge in [-0.15, -0.1) is 0 Å². The lowest BCUT2D eigenvalue weighted by Crippen LogP contribution is -2.55. The van der Waals surface area contributed by atoms with Crippen LogP contribution in [0.1, 0.15) is 61.1 Å². The second-order valence-corrected chi connectivity index (χ2v) is 12.1. The van der Waals surface area contributed by atoms with Gasteiger partial charge in [0.2, 0.25) is 11.7 Å². The highest BCUT2D eigenvalue weighted by Crippen LogP contribution is 2.43. The number of benzene rings is 2. The van der Waals surface area contributed by atoms with E-state index >= 15 is 0 Å². The Hall–Kier alpha value is -4.54. The van der Waals surface area contributed by atoms with Crippen molar-refractivity contribution in [2.24, 2.45) is 17.8 Å². The summed E-state index contributed by atoms with van der Waals surface area (Å²) < 4.78 is 5.40. The smallest absolute Gasteiger partial charge is 0.290 e. The number of methoxy groups -OCH3 is 1. The van der Waals surface area contributed by atoms with E-state index in [2.05, 4.69) is 20.6 Å². The van der Waals surface area contributed by atoms with E-state index in [-0.39, 0.29) is 36.4 Å². The van der Waals surface area contributed by atoms with E-state index in [1.54, 1.807) is 23.1 Å². The monoisotopic (exact) mass is 599 g/mol. The number of Topliss-reactive ketones (excluding diaryl/α,β-unsaturated/α-hetero) is 2. The molecule has 5 atom stereocenters. The highest BCUT2D eigenvalue weighted by molar-refractivity contribution is 6.38. The first kappa shape index (κ1) is 29.5. The quantitative estimate of drug-likeness (QED) is 0.303. The maximum absolute atomic E-state index is 14.1. The standard InChI is InChI=1S/C33H37N5O6/c1-44-26-15-7-13-23-27(26)37-30(35-23)33(43)38-18-21-11-5-12-22(21)28(38)31(41)36-24(16-20-10-6-14-25(20)39)29(40)32(42)34-17-19-8-3-2-4-9-19/h2-4,7-9,13,15,20-22,24,28H,5-6,10-12,14,16-18H2,1H3,(H,34,42)(H,35,37)(H,36,41). The Labute approximate surface area is 255 Å².